The Hall–Kier alpha value is -0.440. The molecule has 0 N–H and O–H groups in total. The van der Waals surface area contributed by atoms with Gasteiger partial charge in [-0.15, -0.1) is 0 Å². The normalized spacial score (nSPS) is 33.3. The Balaban J connectivity index is 2.23. The fourth-order valence-corrected chi connectivity index (χ4v) is 2.53. The zero-order valence-corrected chi connectivity index (χ0v) is 8.58. The lowest BCUT2D eigenvalue weighted by atomic mass is 10.0. The van der Waals surface area contributed by atoms with Crippen molar-refractivity contribution in [2.24, 2.45) is 5.92 Å². The van der Waals surface area contributed by atoms with Crippen LogP contribution in [0.15, 0.2) is 18.6 Å². The summed E-state index contributed by atoms with van der Waals surface area (Å²) in [7, 11) is 0. The molecule has 1 aliphatic carbocycles. The van der Waals surface area contributed by atoms with E-state index in [9.17, 15) is 0 Å². The van der Waals surface area contributed by atoms with Crippen molar-refractivity contribution in [3.05, 3.63) is 24.3 Å². The first-order valence-corrected chi connectivity index (χ1v) is 5.22. The molecule has 2 atom stereocenters. The van der Waals surface area contributed by atoms with Gasteiger partial charge in [-0.2, -0.15) is 0 Å². The second-order valence-corrected chi connectivity index (χ2v) is 4.21. The molecule has 1 saturated carbocycles. The lowest BCUT2D eigenvalue weighted by Crippen LogP contribution is -2.07. The Morgan fingerprint density at radius 2 is 2.50 bits per heavy atom. The van der Waals surface area contributed by atoms with Crippen LogP contribution in [0.3, 0.4) is 0 Å². The highest BCUT2D eigenvalue weighted by molar-refractivity contribution is 9.09. The minimum absolute atomic E-state index is 0.289. The Labute approximate surface area is 80.6 Å². The third-order valence-electron chi connectivity index (χ3n) is 2.75. The van der Waals surface area contributed by atoms with Crippen LogP contribution in [0.1, 0.15) is 19.0 Å². The van der Waals surface area contributed by atoms with Crippen LogP contribution in [0.4, 0.5) is 0 Å². The summed E-state index contributed by atoms with van der Waals surface area (Å²) in [6.07, 6.45) is 6.60. The van der Waals surface area contributed by atoms with E-state index in [2.05, 4.69) is 32.8 Å². The third-order valence-corrected chi connectivity index (χ3v) is 3.53. The minimum atomic E-state index is 0.289. The highest BCUT2D eigenvalue weighted by atomic mass is 79.9. The summed E-state index contributed by atoms with van der Waals surface area (Å²) >= 11 is 3.50. The highest BCUT2D eigenvalue weighted by Gasteiger charge is 2.51. The maximum atomic E-state index is 4.33. The minimum Gasteiger partial charge on any atom is -0.261 e. The van der Waals surface area contributed by atoms with Gasteiger partial charge in [0.05, 0.1) is 5.69 Å². The van der Waals surface area contributed by atoms with Crippen LogP contribution in [-0.4, -0.2) is 15.3 Å². The average Bonchev–Trinajstić information content (AvgIpc) is 2.81. The summed E-state index contributed by atoms with van der Waals surface area (Å²) < 4.78 is 0. The Kier molecular flexibility index (Phi) is 1.91. The second kappa shape index (κ2) is 2.80. The molecular formula is C9H11BrN2. The molecule has 1 aromatic rings. The van der Waals surface area contributed by atoms with Crippen LogP contribution < -0.4 is 0 Å². The summed E-state index contributed by atoms with van der Waals surface area (Å²) in [5.41, 5.74) is 1.42. The Morgan fingerprint density at radius 3 is 3.00 bits per heavy atom. The van der Waals surface area contributed by atoms with Crippen molar-refractivity contribution >= 4 is 15.9 Å². The van der Waals surface area contributed by atoms with Gasteiger partial charge in [-0.05, 0) is 12.3 Å². The van der Waals surface area contributed by atoms with E-state index in [4.69, 9.17) is 0 Å². The number of hydrogen-bond donors (Lipinski definition) is 0. The Bertz CT molecular complexity index is 275. The van der Waals surface area contributed by atoms with Gasteiger partial charge in [-0.25, -0.2) is 0 Å². The van der Waals surface area contributed by atoms with Crippen LogP contribution in [0.5, 0.6) is 0 Å². The van der Waals surface area contributed by atoms with Crippen LogP contribution in [0, 0.1) is 5.92 Å². The molecule has 1 aliphatic rings. The second-order valence-electron chi connectivity index (χ2n) is 3.56. The summed E-state index contributed by atoms with van der Waals surface area (Å²) in [5.74, 6) is 0.745. The largest absolute Gasteiger partial charge is 0.261 e. The molecule has 0 saturated heterocycles. The van der Waals surface area contributed by atoms with Crippen molar-refractivity contribution in [2.75, 3.05) is 5.33 Å². The highest BCUT2D eigenvalue weighted by Crippen LogP contribution is 2.53. The van der Waals surface area contributed by atoms with Gasteiger partial charge in [-0.3, -0.25) is 9.97 Å². The predicted molar refractivity (Wildman–Crippen MR) is 51.3 cm³/mol. The van der Waals surface area contributed by atoms with Crippen molar-refractivity contribution in [1.29, 1.82) is 0 Å². The monoisotopic (exact) mass is 226 g/mol. The number of hydrogen-bond acceptors (Lipinski definition) is 2. The van der Waals surface area contributed by atoms with Crippen LogP contribution >= 0.6 is 15.9 Å². The number of rotatable bonds is 2. The van der Waals surface area contributed by atoms with E-state index in [-0.39, 0.29) is 5.41 Å². The topological polar surface area (TPSA) is 25.8 Å². The summed E-state index contributed by atoms with van der Waals surface area (Å²) in [6.45, 7) is 2.25. The van der Waals surface area contributed by atoms with E-state index in [1.807, 2.05) is 6.20 Å². The molecular weight excluding hydrogens is 216 g/mol. The van der Waals surface area contributed by atoms with Gasteiger partial charge < -0.3 is 0 Å². The molecule has 0 aliphatic heterocycles. The fourth-order valence-electron chi connectivity index (χ4n) is 1.59. The van der Waals surface area contributed by atoms with Crippen LogP contribution in [0.2, 0.25) is 0 Å². The third kappa shape index (κ3) is 1.16. The molecule has 1 aromatic heterocycles. The van der Waals surface area contributed by atoms with E-state index in [0.717, 1.165) is 16.9 Å². The van der Waals surface area contributed by atoms with Gasteiger partial charge in [0.1, 0.15) is 0 Å². The van der Waals surface area contributed by atoms with E-state index >= 15 is 0 Å². The van der Waals surface area contributed by atoms with E-state index < -0.39 is 0 Å². The van der Waals surface area contributed by atoms with Crippen molar-refractivity contribution in [2.45, 2.75) is 18.8 Å². The van der Waals surface area contributed by atoms with Crippen LogP contribution in [0.25, 0.3) is 0 Å². The van der Waals surface area contributed by atoms with Gasteiger partial charge in [0.2, 0.25) is 0 Å². The molecule has 3 heteroatoms. The SMILES string of the molecule is CC1(c2cnccn2)CC1CBr. The van der Waals surface area contributed by atoms with Gasteiger partial charge >= 0.3 is 0 Å². The van der Waals surface area contributed by atoms with E-state index in [1.165, 1.54) is 6.42 Å². The average molecular weight is 227 g/mol. The maximum Gasteiger partial charge on any atom is 0.0648 e. The van der Waals surface area contributed by atoms with Gasteiger partial charge in [0.25, 0.3) is 0 Å². The van der Waals surface area contributed by atoms with Gasteiger partial charge in [0.15, 0.2) is 0 Å². The molecule has 2 nitrogen and oxygen atoms in total. The zero-order valence-electron chi connectivity index (χ0n) is 7.00. The van der Waals surface area contributed by atoms with Crippen LogP contribution in [-0.2, 0) is 5.41 Å². The summed E-state index contributed by atoms with van der Waals surface area (Å²) in [4.78, 5) is 8.41. The first kappa shape index (κ1) is 8.17. The molecule has 12 heavy (non-hydrogen) atoms. The van der Waals surface area contributed by atoms with Gasteiger partial charge in [0, 0.05) is 29.3 Å². The van der Waals surface area contributed by atoms with Crippen molar-refractivity contribution in [3.63, 3.8) is 0 Å². The Morgan fingerprint density at radius 1 is 1.67 bits per heavy atom. The molecule has 0 aromatic carbocycles. The fraction of sp³-hybridized carbons (Fsp3) is 0.556. The van der Waals surface area contributed by atoms with Gasteiger partial charge in [-0.1, -0.05) is 22.9 Å². The molecule has 64 valence electrons. The molecule has 1 fully saturated rings. The van der Waals surface area contributed by atoms with E-state index in [1.54, 1.807) is 12.4 Å². The molecule has 0 spiro atoms. The number of alkyl halides is 1. The molecule has 1 heterocycles. The standard InChI is InChI=1S/C9H11BrN2/c1-9(4-7(9)5-10)8-6-11-2-3-12-8/h2-3,6-7H,4-5H2,1H3. The smallest absolute Gasteiger partial charge is 0.0648 e. The number of nitrogens with zero attached hydrogens (tertiary/aromatic N) is 2. The van der Waals surface area contributed by atoms with Crippen molar-refractivity contribution < 1.29 is 0 Å². The van der Waals surface area contributed by atoms with Crippen molar-refractivity contribution in [3.8, 4) is 0 Å². The first-order valence-electron chi connectivity index (χ1n) is 4.10. The molecule has 0 radical (unpaired) electrons. The number of aromatic nitrogens is 2. The quantitative estimate of drug-likeness (QED) is 0.723. The summed E-state index contributed by atoms with van der Waals surface area (Å²) in [6, 6.07) is 0. The van der Waals surface area contributed by atoms with E-state index in [0.29, 0.717) is 0 Å². The number of halogens is 1. The first-order chi connectivity index (χ1) is 5.77. The molecule has 0 bridgehead atoms. The molecule has 0 amide bonds. The lowest BCUT2D eigenvalue weighted by Gasteiger charge is -2.07. The molecule has 2 rings (SSSR count). The van der Waals surface area contributed by atoms with Crippen molar-refractivity contribution in [1.82, 2.24) is 9.97 Å². The lowest BCUT2D eigenvalue weighted by molar-refractivity contribution is 0.678. The maximum absolute atomic E-state index is 4.33. The zero-order chi connectivity index (χ0) is 8.60. The predicted octanol–water partition coefficient (Wildman–Crippen LogP) is 2.15. The molecule has 2 unspecified atom stereocenters. The summed E-state index contributed by atoms with van der Waals surface area (Å²) in [5, 5.41) is 1.07.